The molecule has 0 atom stereocenters. The standard InChI is InChI=1S/C15H10F4N2O2/c1-7-5-9(10(6-20)14(22)21-7)8-3-4-11(15(17,18)19)12(16)13(8)23-2/h3-5H,1-2H3,(H,21,22). The molecule has 8 heteroatoms. The van der Waals surface area contributed by atoms with Gasteiger partial charge >= 0.3 is 6.18 Å². The number of aromatic nitrogens is 1. The zero-order valence-electron chi connectivity index (χ0n) is 12.0. The minimum Gasteiger partial charge on any atom is -0.493 e. The average molecular weight is 326 g/mol. The molecule has 0 radical (unpaired) electrons. The number of aryl methyl sites for hydroxylation is 1. The first-order chi connectivity index (χ1) is 10.7. The molecule has 0 aliphatic heterocycles. The van der Waals surface area contributed by atoms with Gasteiger partial charge < -0.3 is 9.72 Å². The van der Waals surface area contributed by atoms with Crippen molar-refractivity contribution in [3.8, 4) is 22.9 Å². The molecule has 0 unspecified atom stereocenters. The van der Waals surface area contributed by atoms with Gasteiger partial charge in [-0.05, 0) is 25.1 Å². The first kappa shape index (κ1) is 16.5. The van der Waals surface area contributed by atoms with Crippen LogP contribution in [0.4, 0.5) is 17.6 Å². The molecule has 0 bridgehead atoms. The third-order valence-corrected chi connectivity index (χ3v) is 3.18. The maximum atomic E-state index is 14.1. The average Bonchev–Trinajstić information content (AvgIpc) is 2.44. The van der Waals surface area contributed by atoms with E-state index in [0.29, 0.717) is 11.8 Å². The number of hydrogen-bond acceptors (Lipinski definition) is 3. The Labute approximate surface area is 127 Å². The zero-order chi connectivity index (χ0) is 17.4. The molecule has 120 valence electrons. The molecule has 1 N–H and O–H groups in total. The van der Waals surface area contributed by atoms with Crippen LogP contribution in [0, 0.1) is 24.1 Å². The van der Waals surface area contributed by atoms with E-state index in [-0.39, 0.29) is 16.7 Å². The second kappa shape index (κ2) is 5.76. The predicted molar refractivity (Wildman–Crippen MR) is 73.5 cm³/mol. The van der Waals surface area contributed by atoms with E-state index in [0.717, 1.165) is 13.2 Å². The number of hydrogen-bond donors (Lipinski definition) is 1. The quantitative estimate of drug-likeness (QED) is 0.860. The fraction of sp³-hybridized carbons (Fsp3) is 0.200. The van der Waals surface area contributed by atoms with E-state index >= 15 is 0 Å². The number of nitriles is 1. The molecule has 0 saturated heterocycles. The summed E-state index contributed by atoms with van der Waals surface area (Å²) in [4.78, 5) is 14.2. The molecule has 4 nitrogen and oxygen atoms in total. The number of methoxy groups -OCH3 is 1. The number of benzene rings is 1. The molecule has 1 aromatic carbocycles. The van der Waals surface area contributed by atoms with E-state index in [2.05, 4.69) is 4.98 Å². The number of nitrogens with zero attached hydrogens (tertiary/aromatic N) is 1. The number of H-pyrrole nitrogens is 1. The van der Waals surface area contributed by atoms with E-state index in [1.54, 1.807) is 6.07 Å². The van der Waals surface area contributed by atoms with Crippen LogP contribution < -0.4 is 10.3 Å². The molecule has 0 spiro atoms. The van der Waals surface area contributed by atoms with Crippen molar-refractivity contribution < 1.29 is 22.3 Å². The lowest BCUT2D eigenvalue weighted by Gasteiger charge is -2.15. The molecular weight excluding hydrogens is 316 g/mol. The third kappa shape index (κ3) is 2.90. The van der Waals surface area contributed by atoms with Crippen LogP contribution in [0.5, 0.6) is 5.75 Å². The van der Waals surface area contributed by atoms with Crippen molar-refractivity contribution in [3.05, 3.63) is 51.2 Å². The van der Waals surface area contributed by atoms with Crippen LogP contribution in [-0.2, 0) is 6.18 Å². The maximum Gasteiger partial charge on any atom is 0.419 e. The van der Waals surface area contributed by atoms with Crippen molar-refractivity contribution >= 4 is 0 Å². The van der Waals surface area contributed by atoms with Gasteiger partial charge in [0.2, 0.25) is 0 Å². The second-order valence-corrected chi connectivity index (χ2v) is 4.69. The van der Waals surface area contributed by atoms with Crippen molar-refractivity contribution in [3.63, 3.8) is 0 Å². The molecule has 0 amide bonds. The predicted octanol–water partition coefficient (Wildman–Crippen LogP) is 3.39. The number of alkyl halides is 3. The van der Waals surface area contributed by atoms with Crippen LogP contribution in [0.15, 0.2) is 23.0 Å². The monoisotopic (exact) mass is 326 g/mol. The van der Waals surface area contributed by atoms with Crippen LogP contribution in [0.2, 0.25) is 0 Å². The Morgan fingerprint density at radius 1 is 1.26 bits per heavy atom. The highest BCUT2D eigenvalue weighted by Crippen LogP contribution is 2.40. The van der Waals surface area contributed by atoms with Gasteiger partial charge in [-0.15, -0.1) is 0 Å². The summed E-state index contributed by atoms with van der Waals surface area (Å²) in [6.07, 6.45) is -4.89. The number of nitrogens with one attached hydrogen (secondary N) is 1. The summed E-state index contributed by atoms with van der Waals surface area (Å²) in [5.74, 6) is -2.28. The molecule has 23 heavy (non-hydrogen) atoms. The topological polar surface area (TPSA) is 65.9 Å². The van der Waals surface area contributed by atoms with Crippen LogP contribution in [0.25, 0.3) is 11.1 Å². The van der Waals surface area contributed by atoms with Crippen molar-refractivity contribution in [2.24, 2.45) is 0 Å². The molecule has 1 aromatic heterocycles. The number of pyridine rings is 1. The molecule has 1 heterocycles. The Morgan fingerprint density at radius 2 is 1.91 bits per heavy atom. The van der Waals surface area contributed by atoms with E-state index in [4.69, 9.17) is 10.00 Å². The molecular formula is C15H10F4N2O2. The number of aromatic amines is 1. The van der Waals surface area contributed by atoms with E-state index in [1.807, 2.05) is 0 Å². The minimum atomic E-state index is -4.89. The van der Waals surface area contributed by atoms with Gasteiger partial charge in [0.25, 0.3) is 5.56 Å². The Kier molecular flexibility index (Phi) is 4.14. The fourth-order valence-corrected chi connectivity index (χ4v) is 2.20. The Balaban J connectivity index is 2.84. The van der Waals surface area contributed by atoms with Gasteiger partial charge in [0, 0.05) is 16.8 Å². The highest BCUT2D eigenvalue weighted by Gasteiger charge is 2.36. The number of ether oxygens (including phenoxy) is 1. The molecule has 0 saturated carbocycles. The smallest absolute Gasteiger partial charge is 0.419 e. The van der Waals surface area contributed by atoms with E-state index < -0.39 is 28.9 Å². The van der Waals surface area contributed by atoms with Crippen molar-refractivity contribution in [1.82, 2.24) is 4.98 Å². The van der Waals surface area contributed by atoms with Crippen LogP contribution in [-0.4, -0.2) is 12.1 Å². The van der Waals surface area contributed by atoms with E-state index in [9.17, 15) is 22.4 Å². The van der Waals surface area contributed by atoms with Gasteiger partial charge in [0.15, 0.2) is 11.6 Å². The van der Waals surface area contributed by atoms with Crippen molar-refractivity contribution in [2.45, 2.75) is 13.1 Å². The number of rotatable bonds is 2. The van der Waals surface area contributed by atoms with Gasteiger partial charge in [-0.3, -0.25) is 4.79 Å². The SMILES string of the molecule is COc1c(-c2cc(C)[nH]c(=O)c2C#N)ccc(C(F)(F)F)c1F. The normalized spacial score (nSPS) is 11.2. The fourth-order valence-electron chi connectivity index (χ4n) is 2.20. The number of halogens is 4. The lowest BCUT2D eigenvalue weighted by Crippen LogP contribution is -2.14. The van der Waals surface area contributed by atoms with Gasteiger partial charge in [-0.1, -0.05) is 0 Å². The van der Waals surface area contributed by atoms with Crippen LogP contribution in [0.1, 0.15) is 16.8 Å². The van der Waals surface area contributed by atoms with Crippen molar-refractivity contribution in [1.29, 1.82) is 5.26 Å². The van der Waals surface area contributed by atoms with Gasteiger partial charge in [-0.2, -0.15) is 18.4 Å². The minimum absolute atomic E-state index is 0.00164. The van der Waals surface area contributed by atoms with Crippen molar-refractivity contribution in [2.75, 3.05) is 7.11 Å². The first-order valence-corrected chi connectivity index (χ1v) is 6.28. The highest BCUT2D eigenvalue weighted by atomic mass is 19.4. The summed E-state index contributed by atoms with van der Waals surface area (Å²) in [6, 6.07) is 4.55. The largest absolute Gasteiger partial charge is 0.493 e. The van der Waals surface area contributed by atoms with Gasteiger partial charge in [-0.25, -0.2) is 4.39 Å². The molecule has 0 aliphatic carbocycles. The lowest BCUT2D eigenvalue weighted by molar-refractivity contribution is -0.140. The molecule has 0 aliphatic rings. The summed E-state index contributed by atoms with van der Waals surface area (Å²) < 4.78 is 57.2. The maximum absolute atomic E-state index is 14.1. The lowest BCUT2D eigenvalue weighted by atomic mass is 9.98. The molecule has 0 fully saturated rings. The van der Waals surface area contributed by atoms with Crippen LogP contribution in [0.3, 0.4) is 0 Å². The van der Waals surface area contributed by atoms with E-state index in [1.165, 1.54) is 13.0 Å². The van der Waals surface area contributed by atoms with Gasteiger partial charge in [0.05, 0.1) is 12.7 Å². The first-order valence-electron chi connectivity index (χ1n) is 6.28. The zero-order valence-corrected chi connectivity index (χ0v) is 12.0. The molecule has 2 aromatic rings. The summed E-state index contributed by atoms with van der Waals surface area (Å²) >= 11 is 0. The Morgan fingerprint density at radius 3 is 2.43 bits per heavy atom. The summed E-state index contributed by atoms with van der Waals surface area (Å²) in [5, 5.41) is 9.08. The Bertz CT molecular complexity index is 863. The summed E-state index contributed by atoms with van der Waals surface area (Å²) in [5.41, 5.74) is -2.29. The second-order valence-electron chi connectivity index (χ2n) is 4.69. The van der Waals surface area contributed by atoms with Crippen LogP contribution >= 0.6 is 0 Å². The molecule has 2 rings (SSSR count). The van der Waals surface area contributed by atoms with Gasteiger partial charge in [0.1, 0.15) is 11.6 Å². The Hall–Kier alpha value is -2.82. The summed E-state index contributed by atoms with van der Waals surface area (Å²) in [6.45, 7) is 1.53. The summed E-state index contributed by atoms with van der Waals surface area (Å²) in [7, 11) is 1.01. The third-order valence-electron chi connectivity index (χ3n) is 3.18. The highest BCUT2D eigenvalue weighted by molar-refractivity contribution is 5.76.